The van der Waals surface area contributed by atoms with Crippen molar-refractivity contribution in [2.75, 3.05) is 19.0 Å². The van der Waals surface area contributed by atoms with E-state index in [1.54, 1.807) is 0 Å². The van der Waals surface area contributed by atoms with Crippen LogP contribution in [0.15, 0.2) is 17.0 Å². The van der Waals surface area contributed by atoms with E-state index in [1.807, 2.05) is 0 Å². The van der Waals surface area contributed by atoms with Gasteiger partial charge < -0.3 is 4.90 Å². The maximum absolute atomic E-state index is 13.0. The summed E-state index contributed by atoms with van der Waals surface area (Å²) < 4.78 is 63.8. The first-order chi connectivity index (χ1) is 11.9. The Balaban J connectivity index is 2.26. The van der Waals surface area contributed by atoms with E-state index in [4.69, 9.17) is 22.3 Å². The van der Waals surface area contributed by atoms with Crippen molar-refractivity contribution in [3.63, 3.8) is 0 Å². The van der Waals surface area contributed by atoms with Gasteiger partial charge in [-0.25, -0.2) is 8.42 Å². The third kappa shape index (κ3) is 3.63. The van der Waals surface area contributed by atoms with Crippen LogP contribution in [0.3, 0.4) is 0 Å². The summed E-state index contributed by atoms with van der Waals surface area (Å²) in [7, 11) is 4.35. The second-order valence-electron chi connectivity index (χ2n) is 6.09. The zero-order valence-electron chi connectivity index (χ0n) is 13.5. The summed E-state index contributed by atoms with van der Waals surface area (Å²) in [4.78, 5) is 4.59. The fraction of sp³-hybridized carbons (Fsp3) is 0.429. The van der Waals surface area contributed by atoms with Crippen LogP contribution < -0.4 is 4.90 Å². The van der Waals surface area contributed by atoms with Gasteiger partial charge in [-0.1, -0.05) is 11.6 Å². The van der Waals surface area contributed by atoms with Crippen molar-refractivity contribution in [2.24, 2.45) is 0 Å². The SMILES string of the molecule is CN(C)c1nc(C(F)(F)F)nn1-c1cc(S(=O)(=O)Cl)c(C2CC2)cc1Cl. The van der Waals surface area contributed by atoms with Gasteiger partial charge in [-0.15, -0.1) is 5.10 Å². The van der Waals surface area contributed by atoms with E-state index in [9.17, 15) is 21.6 Å². The summed E-state index contributed by atoms with van der Waals surface area (Å²) in [6, 6.07) is 2.55. The molecule has 1 heterocycles. The third-order valence-electron chi connectivity index (χ3n) is 3.83. The van der Waals surface area contributed by atoms with E-state index in [1.165, 1.54) is 25.1 Å². The van der Waals surface area contributed by atoms with Gasteiger partial charge in [0.15, 0.2) is 0 Å². The van der Waals surface area contributed by atoms with Gasteiger partial charge in [0.2, 0.25) is 5.95 Å². The minimum atomic E-state index is -4.77. The first kappa shape index (κ1) is 19.2. The molecule has 0 amide bonds. The standard InChI is InChI=1S/C14H13Cl2F3N4O2S/c1-22(2)13-20-12(14(17,18)19)21-23(13)10-6-11(26(16,24)25)8(5-9(10)15)7-3-4-7/h5-7H,3-4H2,1-2H3. The van der Waals surface area contributed by atoms with Crippen molar-refractivity contribution in [2.45, 2.75) is 29.8 Å². The highest BCUT2D eigenvalue weighted by Crippen LogP contribution is 2.45. The summed E-state index contributed by atoms with van der Waals surface area (Å²) in [6.07, 6.45) is -3.18. The molecule has 12 heteroatoms. The average molecular weight is 429 g/mol. The fourth-order valence-electron chi connectivity index (χ4n) is 2.52. The molecule has 1 aliphatic carbocycles. The molecule has 6 nitrogen and oxygen atoms in total. The van der Waals surface area contributed by atoms with Gasteiger partial charge in [-0.2, -0.15) is 22.8 Å². The lowest BCUT2D eigenvalue weighted by Crippen LogP contribution is -2.16. The topological polar surface area (TPSA) is 68.1 Å². The smallest absolute Gasteiger partial charge is 0.347 e. The minimum absolute atomic E-state index is 0.0138. The number of benzene rings is 1. The molecule has 142 valence electrons. The van der Waals surface area contributed by atoms with Crippen LogP contribution in [0.1, 0.15) is 30.1 Å². The molecule has 1 saturated carbocycles. The van der Waals surface area contributed by atoms with Gasteiger partial charge in [0.25, 0.3) is 14.9 Å². The lowest BCUT2D eigenvalue weighted by molar-refractivity contribution is -0.144. The summed E-state index contributed by atoms with van der Waals surface area (Å²) in [5.41, 5.74) is 0.401. The Bertz CT molecular complexity index is 969. The number of hydrogen-bond donors (Lipinski definition) is 0. The predicted molar refractivity (Wildman–Crippen MR) is 90.7 cm³/mol. The van der Waals surface area contributed by atoms with Crippen molar-refractivity contribution in [1.82, 2.24) is 14.8 Å². The van der Waals surface area contributed by atoms with Crippen LogP contribution in [0.2, 0.25) is 5.02 Å². The van der Waals surface area contributed by atoms with Crippen molar-refractivity contribution in [3.8, 4) is 5.69 Å². The Morgan fingerprint density at radius 1 is 1.27 bits per heavy atom. The number of aromatic nitrogens is 3. The van der Waals surface area contributed by atoms with Crippen molar-refractivity contribution >= 4 is 37.3 Å². The Morgan fingerprint density at radius 2 is 1.88 bits per heavy atom. The largest absolute Gasteiger partial charge is 0.453 e. The highest BCUT2D eigenvalue weighted by atomic mass is 35.7. The van der Waals surface area contributed by atoms with Gasteiger partial charge in [0.1, 0.15) is 0 Å². The number of hydrogen-bond acceptors (Lipinski definition) is 5. The number of rotatable bonds is 4. The molecular formula is C14H13Cl2F3N4O2S. The maximum Gasteiger partial charge on any atom is 0.453 e. The van der Waals surface area contributed by atoms with Crippen molar-refractivity contribution < 1.29 is 21.6 Å². The van der Waals surface area contributed by atoms with Crippen LogP contribution in [0.25, 0.3) is 5.69 Å². The van der Waals surface area contributed by atoms with Crippen LogP contribution in [0.4, 0.5) is 19.1 Å². The van der Waals surface area contributed by atoms with E-state index in [0.29, 0.717) is 5.56 Å². The molecule has 0 N–H and O–H groups in total. The lowest BCUT2D eigenvalue weighted by atomic mass is 10.1. The van der Waals surface area contributed by atoms with Crippen LogP contribution in [0, 0.1) is 0 Å². The molecule has 1 fully saturated rings. The Labute approximate surface area is 156 Å². The van der Waals surface area contributed by atoms with Gasteiger partial charge in [0.05, 0.1) is 15.6 Å². The molecule has 1 aliphatic rings. The summed E-state index contributed by atoms with van der Waals surface area (Å²) in [5, 5.41) is 3.52. The maximum atomic E-state index is 13.0. The second kappa shape index (κ2) is 6.28. The van der Waals surface area contributed by atoms with Crippen LogP contribution in [-0.4, -0.2) is 37.3 Å². The lowest BCUT2D eigenvalue weighted by Gasteiger charge is -2.15. The number of alkyl halides is 3. The summed E-state index contributed by atoms with van der Waals surface area (Å²) in [5.74, 6) is -1.50. The minimum Gasteiger partial charge on any atom is -0.347 e. The average Bonchev–Trinajstić information content (AvgIpc) is 3.22. The Hall–Kier alpha value is -1.52. The Morgan fingerprint density at radius 3 is 2.35 bits per heavy atom. The number of nitrogens with zero attached hydrogens (tertiary/aromatic N) is 4. The molecule has 0 saturated heterocycles. The fourth-order valence-corrected chi connectivity index (χ4v) is 3.93. The van der Waals surface area contributed by atoms with Crippen molar-refractivity contribution in [3.05, 3.63) is 28.5 Å². The Kier molecular flexibility index (Phi) is 4.65. The molecule has 2 aromatic rings. The van der Waals surface area contributed by atoms with Crippen LogP contribution >= 0.6 is 22.3 Å². The normalized spacial score (nSPS) is 15.3. The molecule has 0 atom stereocenters. The third-order valence-corrected chi connectivity index (χ3v) is 5.51. The van der Waals surface area contributed by atoms with Gasteiger partial charge >= 0.3 is 6.18 Å². The molecule has 3 rings (SSSR count). The zero-order chi connectivity index (χ0) is 19.4. The van der Waals surface area contributed by atoms with Gasteiger partial charge in [-0.3, -0.25) is 0 Å². The van der Waals surface area contributed by atoms with E-state index in [-0.39, 0.29) is 27.5 Å². The highest BCUT2D eigenvalue weighted by molar-refractivity contribution is 8.13. The van der Waals surface area contributed by atoms with Crippen molar-refractivity contribution in [1.29, 1.82) is 0 Å². The monoisotopic (exact) mass is 428 g/mol. The van der Waals surface area contributed by atoms with E-state index < -0.39 is 21.1 Å². The summed E-state index contributed by atoms with van der Waals surface area (Å²) in [6.45, 7) is 0. The molecule has 0 bridgehead atoms. The molecule has 0 spiro atoms. The van der Waals surface area contributed by atoms with Crippen LogP contribution in [-0.2, 0) is 15.2 Å². The van der Waals surface area contributed by atoms with Gasteiger partial charge in [-0.05, 0) is 36.5 Å². The van der Waals surface area contributed by atoms with E-state index in [2.05, 4.69) is 10.1 Å². The quantitative estimate of drug-likeness (QED) is 0.692. The molecule has 1 aromatic carbocycles. The molecule has 0 aliphatic heterocycles. The zero-order valence-corrected chi connectivity index (χ0v) is 15.9. The summed E-state index contributed by atoms with van der Waals surface area (Å²) >= 11 is 6.23. The molecule has 26 heavy (non-hydrogen) atoms. The molecular weight excluding hydrogens is 416 g/mol. The highest BCUT2D eigenvalue weighted by Gasteiger charge is 2.38. The van der Waals surface area contributed by atoms with Gasteiger partial charge in [0, 0.05) is 24.8 Å². The predicted octanol–water partition coefficient (Wildman–Crippen LogP) is 3.81. The molecule has 0 unspecified atom stereocenters. The molecule has 1 aromatic heterocycles. The van der Waals surface area contributed by atoms with Crippen LogP contribution in [0.5, 0.6) is 0 Å². The van der Waals surface area contributed by atoms with E-state index >= 15 is 0 Å². The molecule has 0 radical (unpaired) electrons. The van der Waals surface area contributed by atoms with E-state index in [0.717, 1.165) is 23.6 Å². The first-order valence-electron chi connectivity index (χ1n) is 7.39. The number of halogens is 5. The number of anilines is 1. The second-order valence-corrected chi connectivity index (χ2v) is 9.03. The first-order valence-corrected chi connectivity index (χ1v) is 10.1.